The molecular weight excluding hydrogens is 286 g/mol. The van der Waals surface area contributed by atoms with Crippen molar-refractivity contribution in [2.75, 3.05) is 11.9 Å². The number of nitrogens with one attached hydrogen (secondary N) is 1. The van der Waals surface area contributed by atoms with Crippen molar-refractivity contribution >= 4 is 33.3 Å². The van der Waals surface area contributed by atoms with Gasteiger partial charge in [-0.05, 0) is 29.7 Å². The molecule has 0 spiro atoms. The Morgan fingerprint density at radius 2 is 2.14 bits per heavy atom. The summed E-state index contributed by atoms with van der Waals surface area (Å²) in [5.74, 6) is 0.110. The number of fused-ring (bicyclic) bond motifs is 1. The number of aliphatic carboxylic acids is 1. The van der Waals surface area contributed by atoms with Crippen molar-refractivity contribution < 1.29 is 9.90 Å². The quantitative estimate of drug-likeness (QED) is 0.884. The Labute approximate surface area is 127 Å². The highest BCUT2D eigenvalue weighted by molar-refractivity contribution is 7.16. The number of thiophene rings is 1. The average molecular weight is 305 g/mol. The molecule has 0 aromatic carbocycles. The van der Waals surface area contributed by atoms with Crippen LogP contribution in [0.2, 0.25) is 0 Å². The van der Waals surface area contributed by atoms with Gasteiger partial charge in [0.1, 0.15) is 17.0 Å². The van der Waals surface area contributed by atoms with Crippen LogP contribution in [0.15, 0.2) is 17.8 Å². The molecule has 0 atom stereocenters. The van der Waals surface area contributed by atoms with Crippen molar-refractivity contribution in [1.82, 2.24) is 9.97 Å². The van der Waals surface area contributed by atoms with Crippen molar-refractivity contribution in [3.8, 4) is 0 Å². The lowest BCUT2D eigenvalue weighted by atomic mass is 9.71. The second-order valence-corrected chi connectivity index (χ2v) is 6.74. The number of carboxylic acid groups (broad SMARTS) is 1. The second-order valence-electron chi connectivity index (χ2n) is 5.85. The molecule has 5 nitrogen and oxygen atoms in total. The van der Waals surface area contributed by atoms with E-state index in [4.69, 9.17) is 0 Å². The molecule has 1 aliphatic carbocycles. The van der Waals surface area contributed by atoms with Gasteiger partial charge in [-0.15, -0.1) is 11.3 Å². The van der Waals surface area contributed by atoms with Gasteiger partial charge in [0.25, 0.3) is 0 Å². The van der Waals surface area contributed by atoms with Crippen LogP contribution in [0.5, 0.6) is 0 Å². The summed E-state index contributed by atoms with van der Waals surface area (Å²) in [5, 5.41) is 15.6. The van der Waals surface area contributed by atoms with Crippen LogP contribution in [0.1, 0.15) is 38.5 Å². The van der Waals surface area contributed by atoms with Gasteiger partial charge in [-0.3, -0.25) is 4.79 Å². The van der Waals surface area contributed by atoms with E-state index in [0.717, 1.165) is 41.7 Å². The molecule has 2 N–H and O–H groups in total. The standard InChI is InChI=1S/C15H19N3O2S/c19-12(20)8-15(5-2-1-3-6-15)9-16-13-11-4-7-21-14(11)18-10-17-13/h4,7,10H,1-3,5-6,8-9H2,(H,19,20)(H,16,17,18). The molecule has 2 heterocycles. The van der Waals surface area contributed by atoms with E-state index in [2.05, 4.69) is 15.3 Å². The van der Waals surface area contributed by atoms with Crippen molar-refractivity contribution in [2.24, 2.45) is 5.41 Å². The molecule has 112 valence electrons. The Hall–Kier alpha value is -1.69. The maximum absolute atomic E-state index is 11.2. The minimum absolute atomic E-state index is 0.141. The first-order valence-electron chi connectivity index (χ1n) is 7.32. The van der Waals surface area contributed by atoms with Gasteiger partial charge in [0, 0.05) is 6.54 Å². The van der Waals surface area contributed by atoms with Crippen molar-refractivity contribution in [3.05, 3.63) is 17.8 Å². The molecule has 0 aliphatic heterocycles. The molecule has 3 rings (SSSR count). The molecule has 2 aromatic heterocycles. The van der Waals surface area contributed by atoms with Gasteiger partial charge in [0.15, 0.2) is 0 Å². The summed E-state index contributed by atoms with van der Waals surface area (Å²) in [6.45, 7) is 0.668. The molecule has 1 fully saturated rings. The molecule has 6 heteroatoms. The van der Waals surface area contributed by atoms with Gasteiger partial charge in [0.05, 0.1) is 11.8 Å². The van der Waals surface area contributed by atoms with Crippen molar-refractivity contribution in [3.63, 3.8) is 0 Å². The van der Waals surface area contributed by atoms with E-state index in [1.807, 2.05) is 11.4 Å². The van der Waals surface area contributed by atoms with E-state index < -0.39 is 5.97 Å². The highest BCUT2D eigenvalue weighted by Gasteiger charge is 2.34. The maximum atomic E-state index is 11.2. The lowest BCUT2D eigenvalue weighted by molar-refractivity contribution is -0.140. The summed E-state index contributed by atoms with van der Waals surface area (Å²) >= 11 is 1.59. The lowest BCUT2D eigenvalue weighted by Gasteiger charge is -2.36. The SMILES string of the molecule is O=C(O)CC1(CNc2ncnc3sccc23)CCCCC1. The summed E-state index contributed by atoms with van der Waals surface area (Å²) in [5.41, 5.74) is -0.141. The largest absolute Gasteiger partial charge is 0.481 e. The number of hydrogen-bond acceptors (Lipinski definition) is 5. The van der Waals surface area contributed by atoms with E-state index in [0.29, 0.717) is 6.54 Å². The Balaban J connectivity index is 1.77. The Morgan fingerprint density at radius 3 is 2.90 bits per heavy atom. The molecular formula is C15H19N3O2S. The monoisotopic (exact) mass is 305 g/mol. The fourth-order valence-electron chi connectivity index (χ4n) is 3.24. The first-order valence-corrected chi connectivity index (χ1v) is 8.20. The topological polar surface area (TPSA) is 75.1 Å². The third kappa shape index (κ3) is 3.15. The highest BCUT2D eigenvalue weighted by atomic mass is 32.1. The van der Waals surface area contributed by atoms with Gasteiger partial charge in [0.2, 0.25) is 0 Å². The normalized spacial score (nSPS) is 17.7. The van der Waals surface area contributed by atoms with E-state index in [9.17, 15) is 9.90 Å². The fourth-order valence-corrected chi connectivity index (χ4v) is 3.97. The number of hydrogen-bond donors (Lipinski definition) is 2. The summed E-state index contributed by atoms with van der Waals surface area (Å²) < 4.78 is 0. The van der Waals surface area contributed by atoms with E-state index in [-0.39, 0.29) is 11.8 Å². The molecule has 1 aliphatic rings. The molecule has 0 radical (unpaired) electrons. The number of carbonyl (C=O) groups is 1. The van der Waals surface area contributed by atoms with Crippen LogP contribution in [-0.4, -0.2) is 27.6 Å². The second kappa shape index (κ2) is 5.97. The van der Waals surface area contributed by atoms with Crippen LogP contribution in [-0.2, 0) is 4.79 Å². The molecule has 0 unspecified atom stereocenters. The van der Waals surface area contributed by atoms with Gasteiger partial charge in [-0.25, -0.2) is 9.97 Å². The Kier molecular flexibility index (Phi) is 4.05. The first kappa shape index (κ1) is 14.3. The van der Waals surface area contributed by atoms with Crippen LogP contribution < -0.4 is 5.32 Å². The zero-order valence-electron chi connectivity index (χ0n) is 11.8. The minimum Gasteiger partial charge on any atom is -0.481 e. The first-order chi connectivity index (χ1) is 10.2. The van der Waals surface area contributed by atoms with Crippen LogP contribution >= 0.6 is 11.3 Å². The molecule has 0 amide bonds. The predicted octanol–water partition coefficient (Wildman–Crippen LogP) is 3.53. The molecule has 0 bridgehead atoms. The van der Waals surface area contributed by atoms with Crippen molar-refractivity contribution in [2.45, 2.75) is 38.5 Å². The smallest absolute Gasteiger partial charge is 0.303 e. The van der Waals surface area contributed by atoms with Crippen LogP contribution in [0.25, 0.3) is 10.2 Å². The van der Waals surface area contributed by atoms with Gasteiger partial charge in [-0.2, -0.15) is 0 Å². The summed E-state index contributed by atoms with van der Waals surface area (Å²) in [6, 6.07) is 2.01. The van der Waals surface area contributed by atoms with Crippen molar-refractivity contribution in [1.29, 1.82) is 0 Å². The van der Waals surface area contributed by atoms with Crippen LogP contribution in [0, 0.1) is 5.41 Å². The van der Waals surface area contributed by atoms with Crippen LogP contribution in [0.3, 0.4) is 0 Å². The summed E-state index contributed by atoms with van der Waals surface area (Å²) in [6.07, 6.45) is 7.20. The van der Waals surface area contributed by atoms with Gasteiger partial charge in [-0.1, -0.05) is 19.3 Å². The number of rotatable bonds is 5. The fraction of sp³-hybridized carbons (Fsp3) is 0.533. The maximum Gasteiger partial charge on any atom is 0.303 e. The minimum atomic E-state index is -0.706. The third-order valence-electron chi connectivity index (χ3n) is 4.33. The number of anilines is 1. The Morgan fingerprint density at radius 1 is 1.33 bits per heavy atom. The predicted molar refractivity (Wildman–Crippen MR) is 83.7 cm³/mol. The molecule has 2 aromatic rings. The third-order valence-corrected chi connectivity index (χ3v) is 5.15. The van der Waals surface area contributed by atoms with E-state index >= 15 is 0 Å². The van der Waals surface area contributed by atoms with E-state index in [1.165, 1.54) is 6.42 Å². The number of carboxylic acids is 1. The summed E-state index contributed by atoms with van der Waals surface area (Å²) in [4.78, 5) is 20.7. The molecule has 21 heavy (non-hydrogen) atoms. The summed E-state index contributed by atoms with van der Waals surface area (Å²) in [7, 11) is 0. The van der Waals surface area contributed by atoms with Crippen LogP contribution in [0.4, 0.5) is 5.82 Å². The van der Waals surface area contributed by atoms with E-state index in [1.54, 1.807) is 17.7 Å². The number of aromatic nitrogens is 2. The zero-order valence-corrected chi connectivity index (χ0v) is 12.7. The molecule has 1 saturated carbocycles. The lowest BCUT2D eigenvalue weighted by Crippen LogP contribution is -2.34. The zero-order chi connectivity index (χ0) is 14.7. The number of nitrogens with zero attached hydrogens (tertiary/aromatic N) is 2. The molecule has 0 saturated heterocycles. The average Bonchev–Trinajstić information content (AvgIpc) is 2.94. The highest BCUT2D eigenvalue weighted by Crippen LogP contribution is 2.39. The van der Waals surface area contributed by atoms with Gasteiger partial charge >= 0.3 is 5.97 Å². The van der Waals surface area contributed by atoms with Gasteiger partial charge < -0.3 is 10.4 Å². The Bertz CT molecular complexity index is 635.